The Kier molecular flexibility index (Phi) is 5.44. The van der Waals surface area contributed by atoms with Crippen molar-refractivity contribution in [1.29, 1.82) is 0 Å². The third kappa shape index (κ3) is 4.37. The van der Waals surface area contributed by atoms with E-state index in [0.717, 1.165) is 0 Å². The molecule has 1 amide bonds. The van der Waals surface area contributed by atoms with Crippen LogP contribution in [-0.2, 0) is 14.3 Å². The SMILES string of the molecule is COCCOCC(=O)NC(C)c1ncn[nH]1. The number of aromatic nitrogens is 3. The molecular formula is C9H16N4O3. The van der Waals surface area contributed by atoms with Gasteiger partial charge in [0.2, 0.25) is 5.91 Å². The molecule has 0 aliphatic carbocycles. The van der Waals surface area contributed by atoms with Crippen molar-refractivity contribution >= 4 is 5.91 Å². The number of carbonyl (C=O) groups excluding carboxylic acids is 1. The number of rotatable bonds is 7. The van der Waals surface area contributed by atoms with Gasteiger partial charge >= 0.3 is 0 Å². The van der Waals surface area contributed by atoms with Crippen molar-refractivity contribution in [3.05, 3.63) is 12.2 Å². The number of ether oxygens (including phenoxy) is 2. The maximum Gasteiger partial charge on any atom is 0.246 e. The van der Waals surface area contributed by atoms with Gasteiger partial charge in [-0.15, -0.1) is 0 Å². The summed E-state index contributed by atoms with van der Waals surface area (Å²) in [5, 5.41) is 9.10. The number of hydrogen-bond acceptors (Lipinski definition) is 5. The fraction of sp³-hybridized carbons (Fsp3) is 0.667. The largest absolute Gasteiger partial charge is 0.382 e. The molecule has 0 saturated carbocycles. The quantitative estimate of drug-likeness (QED) is 0.622. The summed E-state index contributed by atoms with van der Waals surface area (Å²) in [6.45, 7) is 2.71. The van der Waals surface area contributed by atoms with Crippen molar-refractivity contribution in [2.75, 3.05) is 26.9 Å². The first kappa shape index (κ1) is 12.6. The molecule has 1 atom stereocenters. The molecule has 0 radical (unpaired) electrons. The molecule has 0 aromatic carbocycles. The van der Waals surface area contributed by atoms with E-state index >= 15 is 0 Å². The lowest BCUT2D eigenvalue weighted by atomic mass is 10.3. The highest BCUT2D eigenvalue weighted by atomic mass is 16.5. The number of hydrogen-bond donors (Lipinski definition) is 2. The zero-order valence-electron chi connectivity index (χ0n) is 9.40. The summed E-state index contributed by atoms with van der Waals surface area (Å²) in [5.74, 6) is 0.422. The molecule has 0 saturated heterocycles. The smallest absolute Gasteiger partial charge is 0.246 e. The standard InChI is InChI=1S/C9H16N4O3/c1-7(9-10-6-11-13-9)12-8(14)5-16-4-3-15-2/h6-7H,3-5H2,1-2H3,(H,12,14)(H,10,11,13). The van der Waals surface area contributed by atoms with Crippen molar-refractivity contribution in [3.63, 3.8) is 0 Å². The summed E-state index contributed by atoms with van der Waals surface area (Å²) in [4.78, 5) is 15.3. The highest BCUT2D eigenvalue weighted by molar-refractivity contribution is 5.77. The summed E-state index contributed by atoms with van der Waals surface area (Å²) in [5.41, 5.74) is 0. The Morgan fingerprint density at radius 1 is 1.62 bits per heavy atom. The van der Waals surface area contributed by atoms with Crippen LogP contribution in [-0.4, -0.2) is 48.0 Å². The van der Waals surface area contributed by atoms with E-state index in [9.17, 15) is 4.79 Å². The Hall–Kier alpha value is -1.47. The fourth-order valence-corrected chi connectivity index (χ4v) is 1.08. The summed E-state index contributed by atoms with van der Waals surface area (Å²) in [6.07, 6.45) is 1.40. The Labute approximate surface area is 93.5 Å². The minimum absolute atomic E-state index is 0.0157. The van der Waals surface area contributed by atoms with Crippen molar-refractivity contribution < 1.29 is 14.3 Å². The van der Waals surface area contributed by atoms with Gasteiger partial charge in [-0.2, -0.15) is 5.10 Å². The maximum absolute atomic E-state index is 11.4. The minimum atomic E-state index is -0.207. The van der Waals surface area contributed by atoms with E-state index in [4.69, 9.17) is 9.47 Å². The van der Waals surface area contributed by atoms with E-state index in [-0.39, 0.29) is 18.6 Å². The van der Waals surface area contributed by atoms with Gasteiger partial charge in [-0.05, 0) is 6.92 Å². The van der Waals surface area contributed by atoms with Crippen LogP contribution in [0.15, 0.2) is 6.33 Å². The van der Waals surface area contributed by atoms with Crippen LogP contribution in [0.5, 0.6) is 0 Å². The maximum atomic E-state index is 11.4. The normalized spacial score (nSPS) is 12.4. The number of nitrogens with one attached hydrogen (secondary N) is 2. The Morgan fingerprint density at radius 2 is 2.44 bits per heavy atom. The van der Waals surface area contributed by atoms with E-state index in [1.54, 1.807) is 7.11 Å². The summed E-state index contributed by atoms with van der Waals surface area (Å²) in [7, 11) is 1.58. The van der Waals surface area contributed by atoms with Gasteiger partial charge < -0.3 is 14.8 Å². The third-order valence-electron chi connectivity index (χ3n) is 1.89. The molecular weight excluding hydrogens is 212 g/mol. The van der Waals surface area contributed by atoms with E-state index < -0.39 is 0 Å². The molecule has 1 heterocycles. The topological polar surface area (TPSA) is 89.1 Å². The average Bonchev–Trinajstić information content (AvgIpc) is 2.77. The zero-order valence-corrected chi connectivity index (χ0v) is 9.40. The number of H-pyrrole nitrogens is 1. The van der Waals surface area contributed by atoms with Gasteiger partial charge in [-0.25, -0.2) is 4.98 Å². The van der Waals surface area contributed by atoms with Gasteiger partial charge in [0.05, 0.1) is 19.3 Å². The predicted molar refractivity (Wildman–Crippen MR) is 55.6 cm³/mol. The van der Waals surface area contributed by atoms with Crippen LogP contribution in [0.2, 0.25) is 0 Å². The molecule has 1 rings (SSSR count). The molecule has 90 valence electrons. The molecule has 0 aliphatic heterocycles. The predicted octanol–water partition coefficient (Wildman–Crippen LogP) is -0.355. The third-order valence-corrected chi connectivity index (χ3v) is 1.89. The summed E-state index contributed by atoms with van der Waals surface area (Å²) >= 11 is 0. The Morgan fingerprint density at radius 3 is 3.06 bits per heavy atom. The number of nitrogens with zero attached hydrogens (tertiary/aromatic N) is 2. The molecule has 0 bridgehead atoms. The first-order valence-corrected chi connectivity index (χ1v) is 4.95. The summed E-state index contributed by atoms with van der Waals surface area (Å²) < 4.78 is 9.85. The van der Waals surface area contributed by atoms with Gasteiger partial charge in [-0.3, -0.25) is 9.89 Å². The Bertz CT molecular complexity index is 302. The molecule has 1 aromatic rings. The van der Waals surface area contributed by atoms with Gasteiger partial charge in [0.1, 0.15) is 18.8 Å². The molecule has 1 aromatic heterocycles. The first-order chi connectivity index (χ1) is 7.74. The molecule has 0 aliphatic rings. The second-order valence-electron chi connectivity index (χ2n) is 3.21. The van der Waals surface area contributed by atoms with Crippen LogP contribution in [0.4, 0.5) is 0 Å². The molecule has 1 unspecified atom stereocenters. The number of aromatic amines is 1. The van der Waals surface area contributed by atoms with Crippen LogP contribution < -0.4 is 5.32 Å². The van der Waals surface area contributed by atoms with Gasteiger partial charge in [0, 0.05) is 7.11 Å². The first-order valence-electron chi connectivity index (χ1n) is 4.95. The Balaban J connectivity index is 2.19. The molecule has 2 N–H and O–H groups in total. The second kappa shape index (κ2) is 6.91. The van der Waals surface area contributed by atoms with Crippen molar-refractivity contribution in [1.82, 2.24) is 20.5 Å². The van der Waals surface area contributed by atoms with Crippen molar-refractivity contribution in [3.8, 4) is 0 Å². The van der Waals surface area contributed by atoms with Crippen LogP contribution in [0.1, 0.15) is 18.8 Å². The molecule has 16 heavy (non-hydrogen) atoms. The van der Waals surface area contributed by atoms with E-state index in [0.29, 0.717) is 19.0 Å². The zero-order chi connectivity index (χ0) is 11.8. The highest BCUT2D eigenvalue weighted by Crippen LogP contribution is 2.02. The number of methoxy groups -OCH3 is 1. The fourth-order valence-electron chi connectivity index (χ4n) is 1.08. The van der Waals surface area contributed by atoms with E-state index in [1.165, 1.54) is 6.33 Å². The minimum Gasteiger partial charge on any atom is -0.382 e. The molecule has 0 fully saturated rings. The molecule has 7 nitrogen and oxygen atoms in total. The average molecular weight is 228 g/mol. The van der Waals surface area contributed by atoms with Crippen LogP contribution in [0, 0.1) is 0 Å². The van der Waals surface area contributed by atoms with Crippen LogP contribution in [0.25, 0.3) is 0 Å². The van der Waals surface area contributed by atoms with Gasteiger partial charge in [-0.1, -0.05) is 0 Å². The van der Waals surface area contributed by atoms with Crippen LogP contribution in [0.3, 0.4) is 0 Å². The molecule has 0 spiro atoms. The lowest BCUT2D eigenvalue weighted by Crippen LogP contribution is -2.31. The van der Waals surface area contributed by atoms with Crippen molar-refractivity contribution in [2.45, 2.75) is 13.0 Å². The van der Waals surface area contributed by atoms with E-state index in [2.05, 4.69) is 20.5 Å². The lowest BCUT2D eigenvalue weighted by molar-refractivity contribution is -0.126. The van der Waals surface area contributed by atoms with Crippen molar-refractivity contribution in [2.24, 2.45) is 0 Å². The summed E-state index contributed by atoms with van der Waals surface area (Å²) in [6, 6.07) is -0.207. The van der Waals surface area contributed by atoms with Gasteiger partial charge in [0.25, 0.3) is 0 Å². The van der Waals surface area contributed by atoms with Crippen LogP contribution >= 0.6 is 0 Å². The number of carbonyl (C=O) groups is 1. The second-order valence-corrected chi connectivity index (χ2v) is 3.21. The van der Waals surface area contributed by atoms with Gasteiger partial charge in [0.15, 0.2) is 0 Å². The van der Waals surface area contributed by atoms with E-state index in [1.807, 2.05) is 6.92 Å². The molecule has 7 heteroatoms. The lowest BCUT2D eigenvalue weighted by Gasteiger charge is -2.10. The number of amides is 1. The highest BCUT2D eigenvalue weighted by Gasteiger charge is 2.11. The monoisotopic (exact) mass is 228 g/mol.